The van der Waals surface area contributed by atoms with Crippen LogP contribution in [0.3, 0.4) is 0 Å². The van der Waals surface area contributed by atoms with E-state index in [0.29, 0.717) is 19.8 Å². The van der Waals surface area contributed by atoms with E-state index in [0.717, 1.165) is 53.1 Å². The predicted octanol–water partition coefficient (Wildman–Crippen LogP) is 5.63. The van der Waals surface area contributed by atoms with Crippen molar-refractivity contribution in [3.05, 3.63) is 70.0 Å². The van der Waals surface area contributed by atoms with Crippen LogP contribution in [0, 0.1) is 0 Å². The van der Waals surface area contributed by atoms with Gasteiger partial charge in [0.2, 0.25) is 5.56 Å². The van der Waals surface area contributed by atoms with E-state index in [1.54, 1.807) is 17.8 Å². The Labute approximate surface area is 218 Å². The Morgan fingerprint density at radius 1 is 1.06 bits per heavy atom. The van der Waals surface area contributed by atoms with Gasteiger partial charge in [-0.15, -0.1) is 0 Å². The van der Waals surface area contributed by atoms with Gasteiger partial charge in [0, 0.05) is 61.3 Å². The summed E-state index contributed by atoms with van der Waals surface area (Å²) in [5.74, 6) is 0.751. The maximum absolute atomic E-state index is 12.7. The molecule has 0 aliphatic carbocycles. The number of rotatable bonds is 8. The van der Waals surface area contributed by atoms with Crippen LogP contribution in [0.1, 0.15) is 11.1 Å². The summed E-state index contributed by atoms with van der Waals surface area (Å²) in [6.45, 7) is 10.9. The minimum atomic E-state index is -1.15. The number of nitrogens with one attached hydrogen (secondary N) is 1. The summed E-state index contributed by atoms with van der Waals surface area (Å²) in [6, 6.07) is 17.5. The van der Waals surface area contributed by atoms with Crippen molar-refractivity contribution in [1.82, 2.24) is 4.98 Å². The molecule has 0 unspecified atom stereocenters. The van der Waals surface area contributed by atoms with Gasteiger partial charge in [0.1, 0.15) is 5.75 Å². The minimum Gasteiger partial charge on any atom is -0.467 e. The summed E-state index contributed by atoms with van der Waals surface area (Å²) in [6.07, 6.45) is 0.810. The molecule has 0 amide bonds. The highest BCUT2D eigenvalue weighted by Crippen LogP contribution is 2.45. The summed E-state index contributed by atoms with van der Waals surface area (Å²) in [5.41, 5.74) is 5.14. The van der Waals surface area contributed by atoms with Gasteiger partial charge in [0.05, 0.1) is 18.9 Å². The first-order valence-corrected chi connectivity index (χ1v) is 17.1. The second-order valence-electron chi connectivity index (χ2n) is 10.5. The number of benzene rings is 2. The molecule has 3 aromatic rings. The molecule has 2 aliphatic rings. The Morgan fingerprint density at radius 3 is 2.67 bits per heavy atom. The Hall–Kier alpha value is -2.52. The molecule has 5 rings (SSSR count). The van der Waals surface area contributed by atoms with Crippen molar-refractivity contribution in [2.24, 2.45) is 0 Å². The zero-order valence-electron chi connectivity index (χ0n) is 21.3. The molecule has 3 heterocycles. The third kappa shape index (κ3) is 6.06. The lowest BCUT2D eigenvalue weighted by molar-refractivity contribution is 0.0219. The monoisotopic (exact) mass is 522 g/mol. The number of aromatic amines is 1. The first-order valence-electron chi connectivity index (χ1n) is 12.6. The Morgan fingerprint density at radius 2 is 1.86 bits per heavy atom. The predicted molar refractivity (Wildman–Crippen MR) is 149 cm³/mol. The van der Waals surface area contributed by atoms with Gasteiger partial charge < -0.3 is 24.1 Å². The molecule has 0 atom stereocenters. The number of H-pyrrole nitrogens is 1. The number of hydrogen-bond acceptors (Lipinski definition) is 6. The molecule has 1 N–H and O–H groups in total. The number of anilines is 1. The number of aromatic nitrogens is 1. The normalized spacial score (nSPS) is 15.4. The fourth-order valence-electron chi connectivity index (χ4n) is 4.50. The second kappa shape index (κ2) is 10.8. The minimum absolute atomic E-state index is 0.104. The van der Waals surface area contributed by atoms with Crippen molar-refractivity contribution >= 4 is 25.5 Å². The third-order valence-electron chi connectivity index (χ3n) is 6.54. The summed E-state index contributed by atoms with van der Waals surface area (Å²) >= 11 is 1.75. The van der Waals surface area contributed by atoms with E-state index in [1.165, 1.54) is 16.0 Å². The lowest BCUT2D eigenvalue weighted by Crippen LogP contribution is -2.36. The molecule has 1 fully saturated rings. The Kier molecular flexibility index (Phi) is 7.57. The maximum atomic E-state index is 12.7. The zero-order valence-corrected chi connectivity index (χ0v) is 23.1. The molecule has 0 saturated carbocycles. The van der Waals surface area contributed by atoms with Gasteiger partial charge in [-0.25, -0.2) is 0 Å². The fraction of sp³-hybridized carbons (Fsp3) is 0.393. The zero-order chi connectivity index (χ0) is 25.1. The van der Waals surface area contributed by atoms with Crippen molar-refractivity contribution in [2.75, 3.05) is 44.6 Å². The summed E-state index contributed by atoms with van der Waals surface area (Å²) in [5, 5.41) is 0. The molecule has 1 saturated heterocycles. The molecule has 36 heavy (non-hydrogen) atoms. The molecule has 0 radical (unpaired) electrons. The van der Waals surface area contributed by atoms with Crippen LogP contribution < -0.4 is 15.2 Å². The van der Waals surface area contributed by atoms with Crippen LogP contribution in [-0.2, 0) is 15.9 Å². The van der Waals surface area contributed by atoms with Gasteiger partial charge >= 0.3 is 0 Å². The first kappa shape index (κ1) is 25.1. The molecule has 0 spiro atoms. The highest BCUT2D eigenvalue weighted by Gasteiger charge is 2.23. The van der Waals surface area contributed by atoms with E-state index in [9.17, 15) is 4.79 Å². The standard InChI is InChI=1S/C28H34N2O4SSi/c1-36(2,3)13-12-33-19-34-22-17-23(24-14-20-6-4-5-7-26(20)35-27(24)18-22)25-15-21(16-28(31)29-25)30-8-10-32-11-9-30/h4-7,15-18H,8-14,19H2,1-3H3,(H,29,31). The van der Waals surface area contributed by atoms with Gasteiger partial charge in [0.25, 0.3) is 0 Å². The van der Waals surface area contributed by atoms with Crippen molar-refractivity contribution in [1.29, 1.82) is 0 Å². The smallest absolute Gasteiger partial charge is 0.250 e. The second-order valence-corrected chi connectivity index (χ2v) is 17.2. The van der Waals surface area contributed by atoms with Crippen LogP contribution >= 0.6 is 11.8 Å². The molecular formula is C28H34N2O4SSi. The van der Waals surface area contributed by atoms with Crippen molar-refractivity contribution < 1.29 is 14.2 Å². The largest absolute Gasteiger partial charge is 0.467 e. The molecule has 0 bridgehead atoms. The summed E-state index contributed by atoms with van der Waals surface area (Å²) in [7, 11) is -1.15. The van der Waals surface area contributed by atoms with Crippen LogP contribution in [0.2, 0.25) is 25.7 Å². The van der Waals surface area contributed by atoms with Crippen molar-refractivity contribution in [2.45, 2.75) is 41.9 Å². The molecule has 2 aromatic carbocycles. The van der Waals surface area contributed by atoms with Gasteiger partial charge in [-0.1, -0.05) is 49.6 Å². The van der Waals surface area contributed by atoms with Crippen LogP contribution in [-0.4, -0.2) is 52.8 Å². The Bertz CT molecular complexity index is 1280. The molecule has 6 nitrogen and oxygen atoms in total. The van der Waals surface area contributed by atoms with Crippen molar-refractivity contribution in [3.8, 4) is 17.0 Å². The van der Waals surface area contributed by atoms with E-state index in [4.69, 9.17) is 14.2 Å². The number of ether oxygens (including phenoxy) is 3. The molecule has 2 aliphatic heterocycles. The summed E-state index contributed by atoms with van der Waals surface area (Å²) < 4.78 is 17.4. The maximum Gasteiger partial charge on any atom is 0.250 e. The lowest BCUT2D eigenvalue weighted by atomic mass is 9.96. The topological polar surface area (TPSA) is 63.8 Å². The third-order valence-corrected chi connectivity index (χ3v) is 9.45. The molecule has 1 aromatic heterocycles. The Balaban J connectivity index is 1.47. The molecule has 190 valence electrons. The molecular weight excluding hydrogens is 488 g/mol. The first-order chi connectivity index (χ1) is 17.4. The lowest BCUT2D eigenvalue weighted by Gasteiger charge is -2.29. The number of nitrogens with zero attached hydrogens (tertiary/aromatic N) is 1. The quantitative estimate of drug-likeness (QED) is 0.184. The van der Waals surface area contributed by atoms with Crippen LogP contribution in [0.5, 0.6) is 5.75 Å². The van der Waals surface area contributed by atoms with E-state index < -0.39 is 8.07 Å². The summed E-state index contributed by atoms with van der Waals surface area (Å²) in [4.78, 5) is 20.5. The highest BCUT2D eigenvalue weighted by atomic mass is 32.2. The fourth-order valence-corrected chi connectivity index (χ4v) is 6.39. The number of pyridine rings is 1. The van der Waals surface area contributed by atoms with Gasteiger partial charge in [-0.2, -0.15) is 0 Å². The van der Waals surface area contributed by atoms with E-state index >= 15 is 0 Å². The number of morpholine rings is 1. The number of fused-ring (bicyclic) bond motifs is 2. The van der Waals surface area contributed by atoms with Crippen LogP contribution in [0.15, 0.2) is 63.1 Å². The van der Waals surface area contributed by atoms with Gasteiger partial charge in [-0.05, 0) is 41.4 Å². The molecule has 8 heteroatoms. The van der Waals surface area contributed by atoms with Gasteiger partial charge in [0.15, 0.2) is 6.79 Å². The highest BCUT2D eigenvalue weighted by molar-refractivity contribution is 7.99. The van der Waals surface area contributed by atoms with Crippen molar-refractivity contribution in [3.63, 3.8) is 0 Å². The van der Waals surface area contributed by atoms with Crippen LogP contribution in [0.4, 0.5) is 5.69 Å². The number of hydrogen-bond donors (Lipinski definition) is 1. The van der Waals surface area contributed by atoms with E-state index in [2.05, 4.69) is 65.9 Å². The average Bonchev–Trinajstić information content (AvgIpc) is 2.86. The van der Waals surface area contributed by atoms with Gasteiger partial charge in [-0.3, -0.25) is 4.79 Å². The van der Waals surface area contributed by atoms with E-state index in [-0.39, 0.29) is 12.4 Å². The average molecular weight is 523 g/mol. The van der Waals surface area contributed by atoms with E-state index in [1.807, 2.05) is 6.07 Å². The van der Waals surface area contributed by atoms with Crippen LogP contribution in [0.25, 0.3) is 11.3 Å². The SMILES string of the molecule is C[Si](C)(C)CCOCOc1cc2c(c(-c3cc(N4CCOCC4)cc(=O)[nH]3)c1)Cc1ccccc1S2.